The lowest BCUT2D eigenvalue weighted by Gasteiger charge is -2.29. The van der Waals surface area contributed by atoms with E-state index in [-0.39, 0.29) is 6.04 Å². The minimum absolute atomic E-state index is 0.283. The molecule has 0 radical (unpaired) electrons. The first-order valence-corrected chi connectivity index (χ1v) is 7.54. The fraction of sp³-hybridized carbons (Fsp3) is 0.625. The Morgan fingerprint density at radius 1 is 1.21 bits per heavy atom. The molecule has 0 fully saturated rings. The van der Waals surface area contributed by atoms with Crippen LogP contribution in [0.25, 0.3) is 0 Å². The Morgan fingerprint density at radius 3 is 2.26 bits per heavy atom. The Labute approximate surface area is 122 Å². The predicted molar refractivity (Wildman–Crippen MR) is 84.5 cm³/mol. The van der Waals surface area contributed by atoms with Crippen molar-refractivity contribution in [2.24, 2.45) is 11.7 Å². The Morgan fingerprint density at radius 2 is 1.79 bits per heavy atom. The molecule has 108 valence electrons. The lowest BCUT2D eigenvalue weighted by atomic mass is 10.00. The van der Waals surface area contributed by atoms with Gasteiger partial charge in [-0.05, 0) is 50.0 Å². The van der Waals surface area contributed by atoms with E-state index in [1.54, 1.807) is 0 Å². The Balaban J connectivity index is 2.61. The second-order valence-electron chi connectivity index (χ2n) is 5.65. The second kappa shape index (κ2) is 7.88. The predicted octanol–water partition coefficient (Wildman–Crippen LogP) is 4.10. The van der Waals surface area contributed by atoms with Gasteiger partial charge in [0.15, 0.2) is 0 Å². The van der Waals surface area contributed by atoms with E-state index in [1.165, 1.54) is 5.56 Å². The average Bonchev–Trinajstić information content (AvgIpc) is 2.38. The third-order valence-electron chi connectivity index (χ3n) is 3.84. The van der Waals surface area contributed by atoms with E-state index < -0.39 is 0 Å². The highest BCUT2D eigenvalue weighted by Crippen LogP contribution is 2.24. The molecule has 2 N–H and O–H groups in total. The quantitative estimate of drug-likeness (QED) is 0.816. The summed E-state index contributed by atoms with van der Waals surface area (Å²) in [6, 6.07) is 8.90. The van der Waals surface area contributed by atoms with Crippen molar-refractivity contribution in [1.82, 2.24) is 4.90 Å². The van der Waals surface area contributed by atoms with Gasteiger partial charge in [-0.2, -0.15) is 0 Å². The maximum absolute atomic E-state index is 6.12. The van der Waals surface area contributed by atoms with Gasteiger partial charge >= 0.3 is 0 Å². The van der Waals surface area contributed by atoms with Crippen molar-refractivity contribution >= 4 is 11.6 Å². The zero-order chi connectivity index (χ0) is 14.4. The van der Waals surface area contributed by atoms with Crippen LogP contribution in [0.15, 0.2) is 24.3 Å². The van der Waals surface area contributed by atoms with Crippen molar-refractivity contribution in [3.8, 4) is 0 Å². The summed E-state index contributed by atoms with van der Waals surface area (Å²) < 4.78 is 0. The molecule has 0 aliphatic heterocycles. The molecule has 0 spiro atoms. The molecule has 2 atom stereocenters. The first-order chi connectivity index (χ1) is 8.95. The molecule has 0 saturated carbocycles. The molecule has 0 aromatic heterocycles. The minimum Gasteiger partial charge on any atom is -0.327 e. The number of nitrogens with zero attached hydrogens (tertiary/aromatic N) is 1. The van der Waals surface area contributed by atoms with Crippen LogP contribution < -0.4 is 5.73 Å². The molecule has 0 heterocycles. The van der Waals surface area contributed by atoms with E-state index in [9.17, 15) is 0 Å². The molecule has 3 heteroatoms. The van der Waals surface area contributed by atoms with E-state index in [1.807, 2.05) is 12.1 Å². The number of rotatable bonds is 7. The van der Waals surface area contributed by atoms with Crippen LogP contribution in [0.5, 0.6) is 0 Å². The van der Waals surface area contributed by atoms with E-state index in [2.05, 4.69) is 44.9 Å². The van der Waals surface area contributed by atoms with Crippen LogP contribution in [0.4, 0.5) is 0 Å². The number of hydrogen-bond acceptors (Lipinski definition) is 2. The molecule has 0 aliphatic carbocycles. The molecule has 2 unspecified atom stereocenters. The fourth-order valence-electron chi connectivity index (χ4n) is 2.33. The smallest absolute Gasteiger partial charge is 0.0406 e. The van der Waals surface area contributed by atoms with Gasteiger partial charge < -0.3 is 5.73 Å². The minimum atomic E-state index is 0.283. The second-order valence-corrected chi connectivity index (χ2v) is 6.09. The van der Waals surface area contributed by atoms with Crippen molar-refractivity contribution in [1.29, 1.82) is 0 Å². The number of hydrogen-bond donors (Lipinski definition) is 1. The lowest BCUT2D eigenvalue weighted by molar-refractivity contribution is 0.224. The van der Waals surface area contributed by atoms with Gasteiger partial charge in [0, 0.05) is 17.1 Å². The Bertz CT molecular complexity index is 362. The maximum atomic E-state index is 6.12. The van der Waals surface area contributed by atoms with Crippen LogP contribution in [0.2, 0.25) is 5.02 Å². The van der Waals surface area contributed by atoms with Crippen molar-refractivity contribution in [2.45, 2.75) is 45.7 Å². The molecule has 0 bridgehead atoms. The molecule has 1 aromatic carbocycles. The van der Waals surface area contributed by atoms with E-state index in [0.29, 0.717) is 12.0 Å². The molecule has 2 nitrogen and oxygen atoms in total. The highest BCUT2D eigenvalue weighted by atomic mass is 35.5. The fourth-order valence-corrected chi connectivity index (χ4v) is 2.45. The highest BCUT2D eigenvalue weighted by molar-refractivity contribution is 6.30. The first-order valence-electron chi connectivity index (χ1n) is 7.17. The van der Waals surface area contributed by atoms with Crippen molar-refractivity contribution in [3.63, 3.8) is 0 Å². The SMILES string of the molecule is CCC(c1ccc(Cl)cc1)N(C)CCC(N)C(C)C. The number of benzene rings is 1. The van der Waals surface area contributed by atoms with Crippen LogP contribution in [0, 0.1) is 5.92 Å². The Hall–Kier alpha value is -0.570. The largest absolute Gasteiger partial charge is 0.327 e. The summed E-state index contributed by atoms with van der Waals surface area (Å²) in [7, 11) is 2.18. The summed E-state index contributed by atoms with van der Waals surface area (Å²) in [5.74, 6) is 0.545. The highest BCUT2D eigenvalue weighted by Gasteiger charge is 2.16. The maximum Gasteiger partial charge on any atom is 0.0406 e. The molecular weight excluding hydrogens is 256 g/mol. The normalized spacial score (nSPS) is 14.9. The van der Waals surface area contributed by atoms with Crippen LogP contribution in [0.3, 0.4) is 0 Å². The van der Waals surface area contributed by atoms with Gasteiger partial charge in [-0.15, -0.1) is 0 Å². The van der Waals surface area contributed by atoms with Gasteiger partial charge in [0.2, 0.25) is 0 Å². The van der Waals surface area contributed by atoms with E-state index in [0.717, 1.165) is 24.4 Å². The molecule has 19 heavy (non-hydrogen) atoms. The van der Waals surface area contributed by atoms with Crippen LogP contribution in [-0.4, -0.2) is 24.5 Å². The molecule has 0 amide bonds. The molecule has 1 aromatic rings. The van der Waals surface area contributed by atoms with Crippen LogP contribution in [0.1, 0.15) is 45.2 Å². The van der Waals surface area contributed by atoms with Gasteiger partial charge in [-0.3, -0.25) is 4.90 Å². The number of halogens is 1. The average molecular weight is 283 g/mol. The van der Waals surface area contributed by atoms with Gasteiger partial charge in [0.25, 0.3) is 0 Å². The topological polar surface area (TPSA) is 29.3 Å². The summed E-state index contributed by atoms with van der Waals surface area (Å²) in [5, 5.41) is 0.795. The lowest BCUT2D eigenvalue weighted by Crippen LogP contribution is -2.33. The summed E-state index contributed by atoms with van der Waals surface area (Å²) >= 11 is 5.95. The summed E-state index contributed by atoms with van der Waals surface area (Å²) in [6.45, 7) is 7.61. The van der Waals surface area contributed by atoms with Crippen molar-refractivity contribution in [3.05, 3.63) is 34.9 Å². The summed E-state index contributed by atoms with van der Waals surface area (Å²) in [5.41, 5.74) is 7.45. The third-order valence-corrected chi connectivity index (χ3v) is 4.10. The monoisotopic (exact) mass is 282 g/mol. The number of nitrogens with two attached hydrogens (primary N) is 1. The van der Waals surface area contributed by atoms with Gasteiger partial charge in [-0.25, -0.2) is 0 Å². The van der Waals surface area contributed by atoms with Gasteiger partial charge in [-0.1, -0.05) is 44.5 Å². The van der Waals surface area contributed by atoms with Crippen molar-refractivity contribution < 1.29 is 0 Å². The van der Waals surface area contributed by atoms with Gasteiger partial charge in [0.05, 0.1) is 0 Å². The van der Waals surface area contributed by atoms with Crippen molar-refractivity contribution in [2.75, 3.05) is 13.6 Å². The van der Waals surface area contributed by atoms with E-state index >= 15 is 0 Å². The molecule has 1 rings (SSSR count). The molecular formula is C16H27ClN2. The third kappa shape index (κ3) is 5.13. The van der Waals surface area contributed by atoms with Crippen LogP contribution >= 0.6 is 11.6 Å². The van der Waals surface area contributed by atoms with Gasteiger partial charge in [0.1, 0.15) is 0 Å². The van der Waals surface area contributed by atoms with Crippen LogP contribution in [-0.2, 0) is 0 Å². The summed E-state index contributed by atoms with van der Waals surface area (Å²) in [6.07, 6.45) is 2.13. The first kappa shape index (κ1) is 16.5. The van der Waals surface area contributed by atoms with E-state index in [4.69, 9.17) is 17.3 Å². The Kier molecular flexibility index (Phi) is 6.84. The zero-order valence-corrected chi connectivity index (χ0v) is 13.3. The standard InChI is InChI=1S/C16H27ClN2/c1-5-16(13-6-8-14(17)9-7-13)19(4)11-10-15(18)12(2)3/h6-9,12,15-16H,5,10-11,18H2,1-4H3. The molecule has 0 aliphatic rings. The summed E-state index contributed by atoms with van der Waals surface area (Å²) in [4.78, 5) is 2.39. The molecule has 0 saturated heterocycles. The zero-order valence-electron chi connectivity index (χ0n) is 12.6.